The molecule has 1 aromatic rings. The quantitative estimate of drug-likeness (QED) is 0.765. The molecule has 7 heteroatoms. The second-order valence-electron chi connectivity index (χ2n) is 7.52. The zero-order valence-corrected chi connectivity index (χ0v) is 15.1. The molecule has 0 spiro atoms. The monoisotopic (exact) mass is 348 g/mol. The maximum absolute atomic E-state index is 12.4. The van der Waals surface area contributed by atoms with Crippen LogP contribution in [0.1, 0.15) is 56.5 Å². The van der Waals surface area contributed by atoms with E-state index in [0.717, 1.165) is 12.8 Å². The van der Waals surface area contributed by atoms with Crippen LogP contribution in [0.5, 0.6) is 5.88 Å². The molecular formula is C18H24N2O5. The molecule has 0 N–H and O–H groups in total. The summed E-state index contributed by atoms with van der Waals surface area (Å²) in [6.45, 7) is 8.16. The van der Waals surface area contributed by atoms with E-state index < -0.39 is 5.60 Å². The van der Waals surface area contributed by atoms with Crippen molar-refractivity contribution in [2.24, 2.45) is 0 Å². The highest BCUT2D eigenvalue weighted by Crippen LogP contribution is 2.30. The van der Waals surface area contributed by atoms with Gasteiger partial charge in [-0.2, -0.15) is 0 Å². The third kappa shape index (κ3) is 3.86. The number of pyridine rings is 1. The molecule has 3 rings (SSSR count). The van der Waals surface area contributed by atoms with E-state index in [2.05, 4.69) is 4.98 Å². The van der Waals surface area contributed by atoms with Gasteiger partial charge in [-0.1, -0.05) is 0 Å². The second kappa shape index (κ2) is 6.54. The molecule has 7 nitrogen and oxygen atoms in total. The summed E-state index contributed by atoms with van der Waals surface area (Å²) in [5.74, 6) is 0.0574. The first-order valence-corrected chi connectivity index (χ1v) is 8.56. The molecule has 0 aromatic carbocycles. The van der Waals surface area contributed by atoms with Gasteiger partial charge in [-0.3, -0.25) is 0 Å². The van der Waals surface area contributed by atoms with Crippen molar-refractivity contribution in [1.29, 1.82) is 0 Å². The van der Waals surface area contributed by atoms with Crippen LogP contribution in [-0.2, 0) is 16.1 Å². The van der Waals surface area contributed by atoms with Crippen LogP contribution in [-0.4, -0.2) is 46.2 Å². The number of piperidine rings is 1. The van der Waals surface area contributed by atoms with Crippen LogP contribution in [0.4, 0.5) is 4.79 Å². The Labute approximate surface area is 147 Å². The van der Waals surface area contributed by atoms with E-state index in [9.17, 15) is 9.59 Å². The first-order valence-electron chi connectivity index (χ1n) is 8.56. The molecule has 0 bridgehead atoms. The Balaban J connectivity index is 1.70. The highest BCUT2D eigenvalue weighted by Gasteiger charge is 2.34. The number of likely N-dealkylation sites (tertiary alicyclic amines) is 1. The van der Waals surface area contributed by atoms with Crippen molar-refractivity contribution in [2.45, 2.75) is 64.9 Å². The number of fused-ring (bicyclic) bond motifs is 1. The van der Waals surface area contributed by atoms with E-state index in [1.165, 1.54) is 6.20 Å². The van der Waals surface area contributed by atoms with Crippen molar-refractivity contribution in [2.75, 3.05) is 6.54 Å². The van der Waals surface area contributed by atoms with Crippen LogP contribution in [0.15, 0.2) is 12.3 Å². The van der Waals surface area contributed by atoms with Gasteiger partial charge >= 0.3 is 12.1 Å². The fourth-order valence-corrected chi connectivity index (χ4v) is 3.02. The Kier molecular flexibility index (Phi) is 4.58. The van der Waals surface area contributed by atoms with Crippen LogP contribution < -0.4 is 4.74 Å². The predicted molar refractivity (Wildman–Crippen MR) is 89.4 cm³/mol. The van der Waals surface area contributed by atoms with Gasteiger partial charge < -0.3 is 19.1 Å². The van der Waals surface area contributed by atoms with Crippen molar-refractivity contribution in [3.63, 3.8) is 0 Å². The number of carbonyl (C=O) groups is 2. The Morgan fingerprint density at radius 2 is 2.12 bits per heavy atom. The number of aromatic nitrogens is 1. The van der Waals surface area contributed by atoms with Crippen molar-refractivity contribution in [3.05, 3.63) is 23.4 Å². The third-order valence-electron chi connectivity index (χ3n) is 4.33. The van der Waals surface area contributed by atoms with Gasteiger partial charge in [0.2, 0.25) is 5.88 Å². The largest absolute Gasteiger partial charge is 0.472 e. The summed E-state index contributed by atoms with van der Waals surface area (Å²) in [6, 6.07) is 1.72. The number of hydrogen-bond donors (Lipinski definition) is 0. The number of carbonyl (C=O) groups excluding carboxylic acids is 2. The molecule has 136 valence electrons. The van der Waals surface area contributed by atoms with Crippen LogP contribution >= 0.6 is 0 Å². The second-order valence-corrected chi connectivity index (χ2v) is 7.52. The highest BCUT2D eigenvalue weighted by atomic mass is 16.6. The van der Waals surface area contributed by atoms with Crippen molar-refractivity contribution in [3.8, 4) is 5.88 Å². The predicted octanol–water partition coefficient (Wildman–Crippen LogP) is 2.92. The maximum atomic E-state index is 12.4. The van der Waals surface area contributed by atoms with Crippen molar-refractivity contribution < 1.29 is 23.8 Å². The summed E-state index contributed by atoms with van der Waals surface area (Å²) in [4.78, 5) is 30.0. The Morgan fingerprint density at radius 3 is 2.84 bits per heavy atom. The molecule has 0 radical (unpaired) electrons. The van der Waals surface area contributed by atoms with Crippen LogP contribution in [0.3, 0.4) is 0 Å². The molecule has 0 unspecified atom stereocenters. The Morgan fingerprint density at radius 1 is 1.36 bits per heavy atom. The SMILES string of the molecule is C[C@@H]1CC[C@@H](Oc2nccc3c2COC3=O)CN1C(=O)OC(C)(C)C. The molecule has 0 saturated carbocycles. The number of cyclic esters (lactones) is 1. The minimum absolute atomic E-state index is 0.0917. The summed E-state index contributed by atoms with van der Waals surface area (Å²) < 4.78 is 16.5. The number of ether oxygens (including phenoxy) is 3. The lowest BCUT2D eigenvalue weighted by Crippen LogP contribution is -2.50. The summed E-state index contributed by atoms with van der Waals surface area (Å²) in [7, 11) is 0. The zero-order valence-electron chi connectivity index (χ0n) is 15.1. The summed E-state index contributed by atoms with van der Waals surface area (Å²) in [6.07, 6.45) is 2.63. The normalized spacial score (nSPS) is 23.0. The van der Waals surface area contributed by atoms with Gasteiger partial charge in [0.1, 0.15) is 18.3 Å². The number of rotatable bonds is 2. The van der Waals surface area contributed by atoms with Crippen LogP contribution in [0.2, 0.25) is 0 Å². The smallest absolute Gasteiger partial charge is 0.410 e. The van der Waals surface area contributed by atoms with Gasteiger partial charge in [-0.25, -0.2) is 14.6 Å². The lowest BCUT2D eigenvalue weighted by atomic mass is 10.0. The van der Waals surface area contributed by atoms with E-state index in [1.807, 2.05) is 27.7 Å². The average Bonchev–Trinajstić information content (AvgIpc) is 2.90. The number of esters is 1. The van der Waals surface area contributed by atoms with Gasteiger partial charge in [0.25, 0.3) is 0 Å². The summed E-state index contributed by atoms with van der Waals surface area (Å²) in [5.41, 5.74) is 0.637. The number of hydrogen-bond acceptors (Lipinski definition) is 6. The fourth-order valence-electron chi connectivity index (χ4n) is 3.02. The molecule has 2 aliphatic rings. The third-order valence-corrected chi connectivity index (χ3v) is 4.33. The summed E-state index contributed by atoms with van der Waals surface area (Å²) in [5, 5.41) is 0. The molecule has 25 heavy (non-hydrogen) atoms. The molecule has 1 aromatic heterocycles. The van der Waals surface area contributed by atoms with E-state index in [0.29, 0.717) is 23.6 Å². The molecule has 1 saturated heterocycles. The standard InChI is InChI=1S/C18H24N2O5/c1-11-5-6-12(9-20(11)17(22)25-18(2,3)4)24-15-14-10-23-16(21)13(14)7-8-19-15/h7-8,11-12H,5-6,9-10H2,1-4H3/t11-,12-/m1/s1. The van der Waals surface area contributed by atoms with E-state index in [4.69, 9.17) is 14.2 Å². The summed E-state index contributed by atoms with van der Waals surface area (Å²) >= 11 is 0. The van der Waals surface area contributed by atoms with E-state index >= 15 is 0 Å². The minimum atomic E-state index is -0.538. The lowest BCUT2D eigenvalue weighted by Gasteiger charge is -2.38. The maximum Gasteiger partial charge on any atom is 0.410 e. The van der Waals surface area contributed by atoms with Crippen molar-refractivity contribution >= 4 is 12.1 Å². The van der Waals surface area contributed by atoms with Gasteiger partial charge in [-0.05, 0) is 46.6 Å². The van der Waals surface area contributed by atoms with Crippen LogP contribution in [0.25, 0.3) is 0 Å². The molecule has 2 atom stereocenters. The lowest BCUT2D eigenvalue weighted by molar-refractivity contribution is -0.00626. The average molecular weight is 348 g/mol. The molecule has 3 heterocycles. The van der Waals surface area contributed by atoms with E-state index in [1.54, 1.807) is 11.0 Å². The Hall–Kier alpha value is -2.31. The van der Waals surface area contributed by atoms with E-state index in [-0.39, 0.29) is 30.8 Å². The van der Waals surface area contributed by atoms with Crippen molar-refractivity contribution in [1.82, 2.24) is 9.88 Å². The zero-order chi connectivity index (χ0) is 18.2. The first-order chi connectivity index (χ1) is 11.7. The van der Waals surface area contributed by atoms with Gasteiger partial charge in [0, 0.05) is 12.2 Å². The first kappa shape index (κ1) is 17.5. The fraction of sp³-hybridized carbons (Fsp3) is 0.611. The Bertz CT molecular complexity index is 683. The molecular weight excluding hydrogens is 324 g/mol. The van der Waals surface area contributed by atoms with Gasteiger partial charge in [0.05, 0.1) is 17.7 Å². The van der Waals surface area contributed by atoms with Gasteiger partial charge in [0.15, 0.2) is 0 Å². The van der Waals surface area contributed by atoms with Crippen LogP contribution in [0, 0.1) is 0 Å². The topological polar surface area (TPSA) is 78.0 Å². The molecule has 0 aliphatic carbocycles. The molecule has 1 fully saturated rings. The minimum Gasteiger partial charge on any atom is -0.472 e. The van der Waals surface area contributed by atoms with Gasteiger partial charge in [-0.15, -0.1) is 0 Å². The number of nitrogens with zero attached hydrogens (tertiary/aromatic N) is 2. The molecule has 1 amide bonds. The highest BCUT2D eigenvalue weighted by molar-refractivity contribution is 5.93. The number of amides is 1. The molecule has 2 aliphatic heterocycles.